The summed E-state index contributed by atoms with van der Waals surface area (Å²) in [5.41, 5.74) is 0.0843. The average molecular weight is 403 g/mol. The monoisotopic (exact) mass is 402 g/mol. The average Bonchev–Trinajstić information content (AvgIpc) is 3.17. The van der Waals surface area contributed by atoms with Gasteiger partial charge in [-0.1, -0.05) is 44.4 Å². The molecule has 0 bridgehead atoms. The Morgan fingerprint density at radius 3 is 2.72 bits per heavy atom. The first-order valence-corrected chi connectivity index (χ1v) is 10.9. The van der Waals surface area contributed by atoms with Gasteiger partial charge < -0.3 is 20.1 Å². The summed E-state index contributed by atoms with van der Waals surface area (Å²) in [5.74, 6) is 0.342. The Kier molecular flexibility index (Phi) is 7.17. The number of hydrogen-bond donors (Lipinski definition) is 2. The quantitative estimate of drug-likeness (QED) is 0.700. The molecule has 1 aliphatic heterocycles. The number of nitrogens with one attached hydrogen (secondary N) is 1. The normalized spacial score (nSPS) is 23.8. The molecule has 2 aliphatic rings. The van der Waals surface area contributed by atoms with Gasteiger partial charge in [0, 0.05) is 25.1 Å². The van der Waals surface area contributed by atoms with Gasteiger partial charge in [0.05, 0.1) is 24.7 Å². The number of para-hydroxylation sites is 1. The molecular formula is C23H34N2O4. The third-order valence-corrected chi connectivity index (χ3v) is 6.38. The van der Waals surface area contributed by atoms with Gasteiger partial charge >= 0.3 is 0 Å². The zero-order valence-electron chi connectivity index (χ0n) is 17.7. The number of amides is 2. The fraction of sp³-hybridized carbons (Fsp3) is 0.652. The van der Waals surface area contributed by atoms with Gasteiger partial charge in [-0.05, 0) is 31.7 Å². The second kappa shape index (κ2) is 9.61. The van der Waals surface area contributed by atoms with Crippen molar-refractivity contribution in [2.75, 3.05) is 20.2 Å². The van der Waals surface area contributed by atoms with E-state index in [9.17, 15) is 14.7 Å². The number of aliphatic hydroxyl groups is 1. The number of unbranched alkanes of at least 4 members (excludes halogenated alkanes) is 1. The van der Waals surface area contributed by atoms with E-state index in [-0.39, 0.29) is 30.3 Å². The Hall–Kier alpha value is -2.08. The standard InChI is InChI=1S/C23H34N2O4/c1-3-4-15-25-20(26)12-11-18(21(25)17-9-5-6-10-19(17)29-2)22(27)24-16-23(28)13-7-8-14-23/h5-6,9-10,18,21,28H,3-4,7-8,11-16H2,1-2H3,(H,24,27). The van der Waals surface area contributed by atoms with Gasteiger partial charge in [0.25, 0.3) is 0 Å². The van der Waals surface area contributed by atoms with Crippen molar-refractivity contribution in [2.45, 2.75) is 69.9 Å². The lowest BCUT2D eigenvalue weighted by Crippen LogP contribution is -2.50. The minimum Gasteiger partial charge on any atom is -0.496 e. The van der Waals surface area contributed by atoms with Crippen LogP contribution in [0.5, 0.6) is 5.75 Å². The summed E-state index contributed by atoms with van der Waals surface area (Å²) in [6.07, 6.45) is 6.21. The molecule has 1 aromatic carbocycles. The van der Waals surface area contributed by atoms with Crippen molar-refractivity contribution < 1.29 is 19.4 Å². The van der Waals surface area contributed by atoms with E-state index in [2.05, 4.69) is 12.2 Å². The number of rotatable bonds is 8. The van der Waals surface area contributed by atoms with Gasteiger partial charge in [-0.3, -0.25) is 9.59 Å². The Bertz CT molecular complexity index is 715. The van der Waals surface area contributed by atoms with Gasteiger partial charge in [-0.2, -0.15) is 0 Å². The number of carbonyl (C=O) groups is 2. The van der Waals surface area contributed by atoms with Crippen LogP contribution in [0.2, 0.25) is 0 Å². The molecule has 0 spiro atoms. The van der Waals surface area contributed by atoms with Gasteiger partial charge in [-0.15, -0.1) is 0 Å². The van der Waals surface area contributed by atoms with Crippen molar-refractivity contribution >= 4 is 11.8 Å². The first-order chi connectivity index (χ1) is 14.0. The third-order valence-electron chi connectivity index (χ3n) is 6.38. The molecule has 6 heteroatoms. The lowest BCUT2D eigenvalue weighted by Gasteiger charge is -2.41. The van der Waals surface area contributed by atoms with Crippen LogP contribution in [0.15, 0.2) is 24.3 Å². The van der Waals surface area contributed by atoms with E-state index in [4.69, 9.17) is 4.74 Å². The van der Waals surface area contributed by atoms with Gasteiger partial charge in [0.1, 0.15) is 5.75 Å². The van der Waals surface area contributed by atoms with Crippen LogP contribution in [-0.4, -0.2) is 47.6 Å². The molecule has 2 atom stereocenters. The van der Waals surface area contributed by atoms with Gasteiger partial charge in [0.2, 0.25) is 11.8 Å². The van der Waals surface area contributed by atoms with Crippen LogP contribution in [0.1, 0.15) is 69.9 Å². The number of hydrogen-bond acceptors (Lipinski definition) is 4. The fourth-order valence-corrected chi connectivity index (χ4v) is 4.71. The van der Waals surface area contributed by atoms with Crippen LogP contribution in [0.4, 0.5) is 0 Å². The van der Waals surface area contributed by atoms with Crippen LogP contribution in [0.25, 0.3) is 0 Å². The molecule has 0 aromatic heterocycles. The predicted octanol–water partition coefficient (Wildman–Crippen LogP) is 3.20. The summed E-state index contributed by atoms with van der Waals surface area (Å²) in [5, 5.41) is 13.6. The summed E-state index contributed by atoms with van der Waals surface area (Å²) in [7, 11) is 1.62. The van der Waals surface area contributed by atoms with Gasteiger partial charge in [-0.25, -0.2) is 0 Å². The van der Waals surface area contributed by atoms with Crippen LogP contribution in [0, 0.1) is 5.92 Å². The molecule has 2 fully saturated rings. The molecule has 1 aliphatic carbocycles. The van der Waals surface area contributed by atoms with E-state index in [0.29, 0.717) is 25.1 Å². The van der Waals surface area contributed by atoms with Gasteiger partial charge in [0.15, 0.2) is 0 Å². The summed E-state index contributed by atoms with van der Waals surface area (Å²) < 4.78 is 5.56. The first-order valence-electron chi connectivity index (χ1n) is 10.9. The Balaban J connectivity index is 1.86. The Morgan fingerprint density at radius 1 is 1.31 bits per heavy atom. The second-order valence-corrected chi connectivity index (χ2v) is 8.42. The SMILES string of the molecule is CCCCN1C(=O)CCC(C(=O)NCC2(O)CCCC2)C1c1ccccc1OC. The number of benzene rings is 1. The molecule has 160 valence electrons. The Morgan fingerprint density at radius 2 is 2.03 bits per heavy atom. The van der Waals surface area contributed by atoms with E-state index in [1.807, 2.05) is 29.2 Å². The van der Waals surface area contributed by atoms with Crippen LogP contribution in [0.3, 0.4) is 0 Å². The zero-order chi connectivity index (χ0) is 20.9. The van der Waals surface area contributed by atoms with Crippen LogP contribution in [-0.2, 0) is 9.59 Å². The third kappa shape index (κ3) is 4.92. The molecule has 0 radical (unpaired) electrons. The molecular weight excluding hydrogens is 368 g/mol. The summed E-state index contributed by atoms with van der Waals surface area (Å²) in [6, 6.07) is 7.30. The summed E-state index contributed by atoms with van der Waals surface area (Å²) >= 11 is 0. The number of methoxy groups -OCH3 is 1. The molecule has 2 N–H and O–H groups in total. The van der Waals surface area contributed by atoms with E-state index >= 15 is 0 Å². The van der Waals surface area contributed by atoms with E-state index in [1.165, 1.54) is 0 Å². The van der Waals surface area contributed by atoms with Crippen molar-refractivity contribution in [1.82, 2.24) is 10.2 Å². The number of likely N-dealkylation sites (tertiary alicyclic amines) is 1. The van der Waals surface area contributed by atoms with Crippen LogP contribution >= 0.6 is 0 Å². The minimum absolute atomic E-state index is 0.0878. The number of carbonyl (C=O) groups excluding carboxylic acids is 2. The molecule has 1 heterocycles. The molecule has 1 saturated carbocycles. The fourth-order valence-electron chi connectivity index (χ4n) is 4.71. The molecule has 2 unspecified atom stereocenters. The molecule has 1 aromatic rings. The highest BCUT2D eigenvalue weighted by molar-refractivity contribution is 5.85. The molecule has 2 amide bonds. The first kappa shape index (κ1) is 21.6. The predicted molar refractivity (Wildman–Crippen MR) is 112 cm³/mol. The molecule has 29 heavy (non-hydrogen) atoms. The minimum atomic E-state index is -0.790. The zero-order valence-corrected chi connectivity index (χ0v) is 17.7. The van der Waals surface area contributed by atoms with Crippen LogP contribution < -0.4 is 10.1 Å². The molecule has 1 saturated heterocycles. The smallest absolute Gasteiger partial charge is 0.225 e. The lowest BCUT2D eigenvalue weighted by atomic mass is 9.82. The topological polar surface area (TPSA) is 78.9 Å². The van der Waals surface area contributed by atoms with Crippen molar-refractivity contribution in [3.63, 3.8) is 0 Å². The van der Waals surface area contributed by atoms with E-state index in [1.54, 1.807) is 7.11 Å². The highest BCUT2D eigenvalue weighted by atomic mass is 16.5. The summed E-state index contributed by atoms with van der Waals surface area (Å²) in [4.78, 5) is 27.8. The maximum atomic E-state index is 13.2. The maximum absolute atomic E-state index is 13.2. The van der Waals surface area contributed by atoms with E-state index < -0.39 is 5.60 Å². The van der Waals surface area contributed by atoms with Crippen molar-refractivity contribution in [3.8, 4) is 5.75 Å². The largest absolute Gasteiger partial charge is 0.496 e. The number of ether oxygens (including phenoxy) is 1. The van der Waals surface area contributed by atoms with Crippen molar-refractivity contribution in [1.29, 1.82) is 0 Å². The molecule has 6 nitrogen and oxygen atoms in total. The highest BCUT2D eigenvalue weighted by Crippen LogP contribution is 2.41. The van der Waals surface area contributed by atoms with Crippen molar-refractivity contribution in [3.05, 3.63) is 29.8 Å². The maximum Gasteiger partial charge on any atom is 0.225 e. The second-order valence-electron chi connectivity index (χ2n) is 8.42. The van der Waals surface area contributed by atoms with Crippen molar-refractivity contribution in [2.24, 2.45) is 5.92 Å². The summed E-state index contributed by atoms with van der Waals surface area (Å²) in [6.45, 7) is 3.01. The van der Waals surface area contributed by atoms with E-state index in [0.717, 1.165) is 44.1 Å². The lowest BCUT2D eigenvalue weighted by molar-refractivity contribution is -0.144. The highest BCUT2D eigenvalue weighted by Gasteiger charge is 2.42. The Labute approximate surface area is 173 Å². The number of piperidine rings is 1. The molecule has 3 rings (SSSR count). The number of nitrogens with zero attached hydrogens (tertiary/aromatic N) is 1.